The largest absolute Gasteiger partial charge is 0.759 e. The summed E-state index contributed by atoms with van der Waals surface area (Å²) in [5, 5.41) is 10.9. The Morgan fingerprint density at radius 1 is 0.968 bits per heavy atom. The average Bonchev–Trinajstić information content (AvgIpc) is 2.78. The second-order valence-corrected chi connectivity index (χ2v) is 9.46. The summed E-state index contributed by atoms with van der Waals surface area (Å²) in [7, 11) is -3.94. The number of carbonyl (C=O) groups excluding carboxylic acids is 1. The van der Waals surface area contributed by atoms with E-state index in [1.807, 2.05) is 56.3 Å². The van der Waals surface area contributed by atoms with E-state index in [-0.39, 0.29) is 22.9 Å². The van der Waals surface area contributed by atoms with Crippen molar-refractivity contribution in [3.05, 3.63) is 100 Å². The van der Waals surface area contributed by atoms with Crippen molar-refractivity contribution < 1.29 is 13.2 Å². The van der Waals surface area contributed by atoms with Gasteiger partial charge in [-0.3, -0.25) is 9.10 Å². The SMILES string of the molecule is Cc1c(C(=O)N[O-])cccc1N(Cc1ccccc1)S(=O)(=O)c1ccc(C(C)C)cc1. The fourth-order valence-corrected chi connectivity index (χ4v) is 4.91. The molecule has 3 rings (SSSR count). The van der Waals surface area contributed by atoms with Crippen LogP contribution in [0, 0.1) is 12.1 Å². The lowest BCUT2D eigenvalue weighted by Gasteiger charge is -2.27. The lowest BCUT2D eigenvalue weighted by atomic mass is 10.0. The number of rotatable bonds is 7. The van der Waals surface area contributed by atoms with Gasteiger partial charge in [0, 0.05) is 5.56 Å². The molecule has 0 radical (unpaired) electrons. The van der Waals surface area contributed by atoms with E-state index in [9.17, 15) is 18.4 Å². The fraction of sp³-hybridized carbons (Fsp3) is 0.208. The predicted octanol–water partition coefficient (Wildman–Crippen LogP) is 4.74. The third-order valence-corrected chi connectivity index (χ3v) is 6.99. The van der Waals surface area contributed by atoms with Crippen molar-refractivity contribution in [2.75, 3.05) is 4.31 Å². The van der Waals surface area contributed by atoms with E-state index in [0.717, 1.165) is 11.1 Å². The van der Waals surface area contributed by atoms with Crippen LogP contribution in [0.4, 0.5) is 5.69 Å². The lowest BCUT2D eigenvalue weighted by Crippen LogP contribution is -2.32. The van der Waals surface area contributed by atoms with Gasteiger partial charge < -0.3 is 10.7 Å². The number of anilines is 1. The highest BCUT2D eigenvalue weighted by Crippen LogP contribution is 2.31. The number of carbonyl (C=O) groups is 1. The summed E-state index contributed by atoms with van der Waals surface area (Å²) in [5.74, 6) is -0.528. The van der Waals surface area contributed by atoms with Gasteiger partial charge in [-0.05, 0) is 53.8 Å². The molecule has 0 aliphatic rings. The zero-order valence-corrected chi connectivity index (χ0v) is 18.5. The predicted molar refractivity (Wildman–Crippen MR) is 122 cm³/mol. The topological polar surface area (TPSA) is 89.5 Å². The van der Waals surface area contributed by atoms with Gasteiger partial charge in [-0.1, -0.05) is 62.4 Å². The van der Waals surface area contributed by atoms with Crippen LogP contribution < -0.4 is 9.79 Å². The number of amides is 1. The molecule has 6 nitrogen and oxygen atoms in total. The summed E-state index contributed by atoms with van der Waals surface area (Å²) in [6, 6.07) is 20.8. The molecule has 0 unspecified atom stereocenters. The number of nitrogens with zero attached hydrogens (tertiary/aromatic N) is 1. The Hall–Kier alpha value is -3.16. The maximum absolute atomic E-state index is 13.7. The summed E-state index contributed by atoms with van der Waals surface area (Å²) >= 11 is 0. The summed E-state index contributed by atoms with van der Waals surface area (Å²) in [5.41, 5.74) is 4.09. The van der Waals surface area contributed by atoms with Crippen LogP contribution in [0.25, 0.3) is 0 Å². The molecule has 1 amide bonds. The van der Waals surface area contributed by atoms with Gasteiger partial charge in [-0.15, -0.1) is 0 Å². The lowest BCUT2D eigenvalue weighted by molar-refractivity contribution is 0.0969. The standard InChI is InChI=1S/C24H25N2O4S/c1-17(2)20-12-14-21(15-13-20)31(29,30)26(16-19-8-5-4-6-9-19)23-11-7-10-22(18(23)3)24(27)25-28/h4-15,17H,16H2,1-3H3,(H-,25,27,28)/q-1. The summed E-state index contributed by atoms with van der Waals surface area (Å²) < 4.78 is 28.7. The van der Waals surface area contributed by atoms with Gasteiger partial charge in [0.1, 0.15) is 0 Å². The van der Waals surface area contributed by atoms with Crippen LogP contribution in [0.3, 0.4) is 0 Å². The van der Waals surface area contributed by atoms with E-state index >= 15 is 0 Å². The molecular weight excluding hydrogens is 412 g/mol. The van der Waals surface area contributed by atoms with Crippen LogP contribution in [0.2, 0.25) is 0 Å². The van der Waals surface area contributed by atoms with E-state index in [4.69, 9.17) is 0 Å². The molecule has 1 N–H and O–H groups in total. The molecule has 0 bridgehead atoms. The Labute approximate surface area is 183 Å². The highest BCUT2D eigenvalue weighted by molar-refractivity contribution is 7.92. The molecule has 0 atom stereocenters. The maximum Gasteiger partial charge on any atom is 0.264 e. The van der Waals surface area contributed by atoms with Crippen LogP contribution >= 0.6 is 0 Å². The molecule has 7 heteroatoms. The number of sulfonamides is 1. The fourth-order valence-electron chi connectivity index (χ4n) is 3.40. The molecular formula is C24H25N2O4S-. The van der Waals surface area contributed by atoms with Crippen molar-refractivity contribution in [3.63, 3.8) is 0 Å². The molecule has 162 valence electrons. The number of hydroxylamine groups is 1. The van der Waals surface area contributed by atoms with Gasteiger partial charge in [-0.2, -0.15) is 0 Å². The van der Waals surface area contributed by atoms with Gasteiger partial charge in [0.15, 0.2) is 0 Å². The minimum absolute atomic E-state index is 0.0817. The first-order valence-electron chi connectivity index (χ1n) is 9.94. The van der Waals surface area contributed by atoms with Crippen molar-refractivity contribution in [2.24, 2.45) is 0 Å². The molecule has 0 spiro atoms. The van der Waals surface area contributed by atoms with E-state index in [1.54, 1.807) is 31.2 Å². The normalized spacial score (nSPS) is 11.4. The highest BCUT2D eigenvalue weighted by atomic mass is 32.2. The Bertz CT molecular complexity index is 1160. The van der Waals surface area contributed by atoms with Gasteiger partial charge in [-0.25, -0.2) is 8.42 Å². The van der Waals surface area contributed by atoms with Crippen molar-refractivity contribution in [1.29, 1.82) is 0 Å². The Morgan fingerprint density at radius 3 is 2.19 bits per heavy atom. The van der Waals surface area contributed by atoms with E-state index in [0.29, 0.717) is 11.3 Å². The van der Waals surface area contributed by atoms with Crippen molar-refractivity contribution in [3.8, 4) is 0 Å². The molecule has 3 aromatic carbocycles. The second-order valence-electron chi connectivity index (χ2n) is 7.60. The van der Waals surface area contributed by atoms with Gasteiger partial charge in [0.25, 0.3) is 10.0 Å². The number of benzene rings is 3. The second kappa shape index (κ2) is 9.32. The first kappa shape index (κ1) is 22.5. The van der Waals surface area contributed by atoms with Crippen molar-refractivity contribution >= 4 is 21.6 Å². The quantitative estimate of drug-likeness (QED) is 0.541. The Balaban J connectivity index is 2.14. The highest BCUT2D eigenvalue weighted by Gasteiger charge is 2.27. The Morgan fingerprint density at radius 2 is 1.61 bits per heavy atom. The zero-order valence-electron chi connectivity index (χ0n) is 17.7. The molecule has 0 saturated carbocycles. The summed E-state index contributed by atoms with van der Waals surface area (Å²) in [4.78, 5) is 12.2. The number of nitrogens with one attached hydrogen (secondary N) is 1. The third kappa shape index (κ3) is 4.78. The minimum Gasteiger partial charge on any atom is -0.759 e. The summed E-state index contributed by atoms with van der Waals surface area (Å²) in [6.07, 6.45) is 0. The monoisotopic (exact) mass is 437 g/mol. The molecule has 3 aromatic rings. The van der Waals surface area contributed by atoms with Gasteiger partial charge in [0.2, 0.25) is 5.91 Å². The smallest absolute Gasteiger partial charge is 0.264 e. The molecule has 0 saturated heterocycles. The number of hydrogen-bond donors (Lipinski definition) is 1. The Kier molecular flexibility index (Phi) is 6.77. The van der Waals surface area contributed by atoms with E-state index in [2.05, 4.69) is 0 Å². The molecule has 0 heterocycles. The van der Waals surface area contributed by atoms with E-state index in [1.165, 1.54) is 15.9 Å². The minimum atomic E-state index is -3.94. The average molecular weight is 438 g/mol. The van der Waals surface area contributed by atoms with Gasteiger partial charge in [0.05, 0.1) is 17.1 Å². The summed E-state index contributed by atoms with van der Waals surface area (Å²) in [6.45, 7) is 5.80. The van der Waals surface area contributed by atoms with Crippen LogP contribution in [0.5, 0.6) is 0 Å². The molecule has 0 aliphatic heterocycles. The van der Waals surface area contributed by atoms with E-state index < -0.39 is 15.9 Å². The first-order valence-corrected chi connectivity index (χ1v) is 11.4. The van der Waals surface area contributed by atoms with Crippen LogP contribution in [-0.4, -0.2) is 14.3 Å². The molecule has 0 fully saturated rings. The van der Waals surface area contributed by atoms with Gasteiger partial charge >= 0.3 is 0 Å². The van der Waals surface area contributed by atoms with Crippen LogP contribution in [-0.2, 0) is 16.6 Å². The molecule has 0 aliphatic carbocycles. The van der Waals surface area contributed by atoms with Crippen LogP contribution in [0.1, 0.15) is 46.8 Å². The van der Waals surface area contributed by atoms with Crippen molar-refractivity contribution in [2.45, 2.75) is 38.1 Å². The molecule has 31 heavy (non-hydrogen) atoms. The van der Waals surface area contributed by atoms with Crippen molar-refractivity contribution in [1.82, 2.24) is 5.48 Å². The molecule has 0 aromatic heterocycles. The first-order chi connectivity index (χ1) is 14.8. The number of hydrogen-bond acceptors (Lipinski definition) is 4. The maximum atomic E-state index is 13.7. The third-order valence-electron chi connectivity index (χ3n) is 5.21. The zero-order chi connectivity index (χ0) is 22.6. The van der Waals surface area contributed by atoms with Crippen LogP contribution in [0.15, 0.2) is 77.7 Å².